The number of hydrogen-bond donors (Lipinski definition) is 1. The van der Waals surface area contributed by atoms with E-state index in [0.29, 0.717) is 37.5 Å². The molecular formula is C23H22FN3O4. The molecule has 4 rings (SSSR count). The van der Waals surface area contributed by atoms with Crippen LogP contribution in [0.25, 0.3) is 0 Å². The lowest BCUT2D eigenvalue weighted by molar-refractivity contribution is 0.140. The van der Waals surface area contributed by atoms with Crippen LogP contribution in [0.3, 0.4) is 0 Å². The molecule has 7 nitrogen and oxygen atoms in total. The molecule has 0 aliphatic carbocycles. The minimum atomic E-state index is -0.903. The predicted octanol–water partition coefficient (Wildman–Crippen LogP) is 3.24. The summed E-state index contributed by atoms with van der Waals surface area (Å²) < 4.78 is 20.1. The Morgan fingerprint density at radius 2 is 2.03 bits per heavy atom. The highest BCUT2D eigenvalue weighted by molar-refractivity contribution is 5.65. The molecule has 0 fully saturated rings. The van der Waals surface area contributed by atoms with E-state index in [1.54, 1.807) is 16.8 Å². The number of aromatic nitrogens is 2. The second-order valence-electron chi connectivity index (χ2n) is 7.46. The molecule has 8 heteroatoms. The average molecular weight is 423 g/mol. The molecule has 0 atom stereocenters. The summed E-state index contributed by atoms with van der Waals surface area (Å²) in [4.78, 5) is 29.0. The van der Waals surface area contributed by atoms with E-state index < -0.39 is 11.9 Å². The monoisotopic (exact) mass is 423 g/mol. The van der Waals surface area contributed by atoms with Crippen molar-refractivity contribution in [3.63, 3.8) is 0 Å². The molecule has 0 unspecified atom stereocenters. The largest absolute Gasteiger partial charge is 0.487 e. The van der Waals surface area contributed by atoms with Crippen molar-refractivity contribution >= 4 is 6.09 Å². The molecule has 1 aliphatic rings. The van der Waals surface area contributed by atoms with Crippen LogP contribution >= 0.6 is 0 Å². The second kappa shape index (κ2) is 8.99. The van der Waals surface area contributed by atoms with Gasteiger partial charge in [-0.25, -0.2) is 9.18 Å². The number of hydrogen-bond acceptors (Lipinski definition) is 4. The number of benzene rings is 1. The zero-order valence-electron chi connectivity index (χ0n) is 16.8. The standard InChI is InChI=1S/C23H22FN3O4/c24-19-3-4-20(25-13-19)15-31-21-7-10-26(22(28)12-21)8-5-16-1-2-17-6-9-27(23(29)30)14-18(17)11-16/h1-4,7,10-13H,5-6,8-9,14-15H2,(H,29,30). The number of pyridine rings is 2. The Morgan fingerprint density at radius 3 is 2.77 bits per heavy atom. The Hall–Kier alpha value is -3.68. The van der Waals surface area contributed by atoms with Gasteiger partial charge >= 0.3 is 6.09 Å². The van der Waals surface area contributed by atoms with Crippen LogP contribution < -0.4 is 10.3 Å². The van der Waals surface area contributed by atoms with Crippen molar-refractivity contribution in [3.05, 3.63) is 93.4 Å². The molecule has 160 valence electrons. The van der Waals surface area contributed by atoms with Gasteiger partial charge in [0.2, 0.25) is 0 Å². The maximum Gasteiger partial charge on any atom is 0.407 e. The summed E-state index contributed by atoms with van der Waals surface area (Å²) in [5.74, 6) is 0.0133. The van der Waals surface area contributed by atoms with Crippen molar-refractivity contribution in [1.29, 1.82) is 0 Å². The number of rotatable bonds is 6. The van der Waals surface area contributed by atoms with Gasteiger partial charge in [-0.1, -0.05) is 18.2 Å². The third kappa shape index (κ3) is 5.09. The van der Waals surface area contributed by atoms with Crippen LogP contribution in [-0.4, -0.2) is 32.2 Å². The second-order valence-corrected chi connectivity index (χ2v) is 7.46. The van der Waals surface area contributed by atoms with Gasteiger partial charge in [0.1, 0.15) is 18.2 Å². The topological polar surface area (TPSA) is 84.7 Å². The Morgan fingerprint density at radius 1 is 1.16 bits per heavy atom. The lowest BCUT2D eigenvalue weighted by Gasteiger charge is -2.26. The smallest absolute Gasteiger partial charge is 0.407 e. The molecule has 1 aliphatic heterocycles. The molecule has 3 heterocycles. The Bertz CT molecular complexity index is 1140. The lowest BCUT2D eigenvalue weighted by atomic mass is 9.96. The Balaban J connectivity index is 1.37. The summed E-state index contributed by atoms with van der Waals surface area (Å²) in [7, 11) is 0. The fourth-order valence-electron chi connectivity index (χ4n) is 3.59. The number of fused-ring (bicyclic) bond motifs is 1. The first-order valence-corrected chi connectivity index (χ1v) is 10.0. The average Bonchev–Trinajstić information content (AvgIpc) is 2.77. The molecule has 0 radical (unpaired) electrons. The van der Waals surface area contributed by atoms with Gasteiger partial charge in [-0.05, 0) is 47.7 Å². The van der Waals surface area contributed by atoms with E-state index >= 15 is 0 Å². The first-order valence-electron chi connectivity index (χ1n) is 10.0. The van der Waals surface area contributed by atoms with Gasteiger partial charge in [0.15, 0.2) is 0 Å². The van der Waals surface area contributed by atoms with Crippen LogP contribution in [0.15, 0.2) is 59.7 Å². The summed E-state index contributed by atoms with van der Waals surface area (Å²) in [6.07, 6.45) is 3.27. The van der Waals surface area contributed by atoms with E-state index in [9.17, 15) is 19.1 Å². The number of nitrogens with zero attached hydrogens (tertiary/aromatic N) is 3. The molecule has 1 N–H and O–H groups in total. The van der Waals surface area contributed by atoms with Crippen LogP contribution in [0.2, 0.25) is 0 Å². The number of carboxylic acid groups (broad SMARTS) is 1. The molecule has 3 aromatic rings. The Labute approximate surface area is 178 Å². The first-order chi connectivity index (χ1) is 15.0. The summed E-state index contributed by atoms with van der Waals surface area (Å²) in [6.45, 7) is 1.56. The molecule has 1 amide bonds. The third-order valence-electron chi connectivity index (χ3n) is 5.34. The minimum absolute atomic E-state index is 0.145. The highest BCUT2D eigenvalue weighted by Gasteiger charge is 2.20. The van der Waals surface area contributed by atoms with Gasteiger partial charge in [0.25, 0.3) is 5.56 Å². The number of carbonyl (C=O) groups is 1. The van der Waals surface area contributed by atoms with Gasteiger partial charge in [-0.3, -0.25) is 9.78 Å². The first kappa shape index (κ1) is 20.6. The van der Waals surface area contributed by atoms with E-state index in [0.717, 1.165) is 23.7 Å². The van der Waals surface area contributed by atoms with E-state index in [2.05, 4.69) is 4.98 Å². The highest BCUT2D eigenvalue weighted by Crippen LogP contribution is 2.21. The lowest BCUT2D eigenvalue weighted by Crippen LogP contribution is -2.34. The molecule has 1 aromatic carbocycles. The predicted molar refractivity (Wildman–Crippen MR) is 112 cm³/mol. The van der Waals surface area contributed by atoms with Gasteiger partial charge in [0.05, 0.1) is 11.9 Å². The van der Waals surface area contributed by atoms with Crippen LogP contribution in [0.4, 0.5) is 9.18 Å². The third-order valence-corrected chi connectivity index (χ3v) is 5.34. The van der Waals surface area contributed by atoms with E-state index in [4.69, 9.17) is 4.74 Å². The molecule has 31 heavy (non-hydrogen) atoms. The van der Waals surface area contributed by atoms with E-state index in [1.165, 1.54) is 28.7 Å². The highest BCUT2D eigenvalue weighted by atomic mass is 19.1. The van der Waals surface area contributed by atoms with Crippen molar-refractivity contribution in [2.75, 3.05) is 6.54 Å². The summed E-state index contributed by atoms with van der Waals surface area (Å²) in [6, 6.07) is 12.1. The van der Waals surface area contributed by atoms with Crippen LogP contribution in [0, 0.1) is 5.82 Å². The number of ether oxygens (including phenoxy) is 1. The number of halogens is 1. The number of aryl methyl sites for hydroxylation is 2. The van der Waals surface area contributed by atoms with Gasteiger partial charge < -0.3 is 19.3 Å². The molecular weight excluding hydrogens is 401 g/mol. The molecule has 2 aromatic heterocycles. The van der Waals surface area contributed by atoms with Crippen molar-refractivity contribution in [2.45, 2.75) is 32.5 Å². The van der Waals surface area contributed by atoms with Crippen LogP contribution in [-0.2, 0) is 32.5 Å². The SMILES string of the molecule is O=C(O)N1CCc2ccc(CCn3ccc(OCc4ccc(F)cn4)cc3=O)cc2C1. The van der Waals surface area contributed by atoms with E-state index in [1.807, 2.05) is 18.2 Å². The van der Waals surface area contributed by atoms with Gasteiger partial charge in [-0.2, -0.15) is 0 Å². The fraction of sp³-hybridized carbons (Fsp3) is 0.261. The van der Waals surface area contributed by atoms with Crippen molar-refractivity contribution in [1.82, 2.24) is 14.5 Å². The van der Waals surface area contributed by atoms with E-state index in [-0.39, 0.29) is 12.2 Å². The summed E-state index contributed by atoms with van der Waals surface area (Å²) in [5.41, 5.74) is 3.65. The zero-order valence-corrected chi connectivity index (χ0v) is 16.8. The fourth-order valence-corrected chi connectivity index (χ4v) is 3.59. The van der Waals surface area contributed by atoms with Crippen molar-refractivity contribution < 1.29 is 19.0 Å². The van der Waals surface area contributed by atoms with Crippen LogP contribution in [0.1, 0.15) is 22.4 Å². The molecule has 0 bridgehead atoms. The molecule has 0 saturated carbocycles. The summed E-state index contributed by atoms with van der Waals surface area (Å²) >= 11 is 0. The quantitative estimate of drug-likeness (QED) is 0.658. The molecule has 0 spiro atoms. The Kier molecular flexibility index (Phi) is 5.97. The number of amides is 1. The van der Waals surface area contributed by atoms with Gasteiger partial charge in [0, 0.05) is 31.9 Å². The minimum Gasteiger partial charge on any atom is -0.487 e. The maximum atomic E-state index is 12.9. The zero-order chi connectivity index (χ0) is 21.8. The summed E-state index contributed by atoms with van der Waals surface area (Å²) in [5, 5.41) is 9.21. The van der Waals surface area contributed by atoms with Crippen molar-refractivity contribution in [3.8, 4) is 5.75 Å². The normalized spacial score (nSPS) is 13.0. The van der Waals surface area contributed by atoms with Gasteiger partial charge in [-0.15, -0.1) is 0 Å². The van der Waals surface area contributed by atoms with Crippen LogP contribution in [0.5, 0.6) is 5.75 Å². The van der Waals surface area contributed by atoms with Crippen molar-refractivity contribution in [2.24, 2.45) is 0 Å². The maximum absolute atomic E-state index is 12.9. The molecule has 0 saturated heterocycles.